The van der Waals surface area contributed by atoms with Crippen LogP contribution in [0.5, 0.6) is 0 Å². The van der Waals surface area contributed by atoms with Crippen LogP contribution in [-0.4, -0.2) is 30.0 Å². The Bertz CT molecular complexity index is 630. The van der Waals surface area contributed by atoms with Gasteiger partial charge in [0, 0.05) is 18.2 Å². The van der Waals surface area contributed by atoms with Gasteiger partial charge < -0.3 is 14.0 Å². The molecule has 1 aromatic carbocycles. The molecule has 0 amide bonds. The fourth-order valence-corrected chi connectivity index (χ4v) is 2.04. The van der Waals surface area contributed by atoms with Gasteiger partial charge in [-0.1, -0.05) is 25.1 Å². The van der Waals surface area contributed by atoms with E-state index in [1.165, 1.54) is 7.11 Å². The maximum Gasteiger partial charge on any atom is 0.379 e. The van der Waals surface area contributed by atoms with E-state index in [2.05, 4.69) is 4.74 Å². The number of rotatable bonds is 6. The molecular weight excluding hydrogens is 258 g/mol. The smallest absolute Gasteiger partial charge is 0.379 e. The maximum atomic E-state index is 12.0. The molecule has 2 rings (SSSR count). The van der Waals surface area contributed by atoms with E-state index in [0.717, 1.165) is 17.3 Å². The molecule has 1 heterocycles. The lowest BCUT2D eigenvalue weighted by molar-refractivity contribution is -0.135. The van der Waals surface area contributed by atoms with Crippen molar-refractivity contribution in [2.75, 3.05) is 13.7 Å². The molecule has 106 valence electrons. The maximum absolute atomic E-state index is 12.0. The van der Waals surface area contributed by atoms with Crippen LogP contribution in [0, 0.1) is 0 Å². The molecule has 0 unspecified atom stereocenters. The topological polar surface area (TPSA) is 57.5 Å². The van der Waals surface area contributed by atoms with Crippen LogP contribution in [0.4, 0.5) is 0 Å². The largest absolute Gasteiger partial charge is 0.463 e. The first kappa shape index (κ1) is 14.3. The Labute approximate surface area is 117 Å². The van der Waals surface area contributed by atoms with E-state index in [0.29, 0.717) is 18.9 Å². The minimum absolute atomic E-state index is 0.340. The summed E-state index contributed by atoms with van der Waals surface area (Å²) in [5.41, 5.74) is 1.20. The van der Waals surface area contributed by atoms with Crippen LogP contribution < -0.4 is 0 Å². The summed E-state index contributed by atoms with van der Waals surface area (Å²) in [6.07, 6.45) is 2.56. The van der Waals surface area contributed by atoms with Gasteiger partial charge in [0.05, 0.1) is 18.2 Å². The van der Waals surface area contributed by atoms with Gasteiger partial charge in [-0.2, -0.15) is 0 Å². The number of aromatic nitrogens is 1. The van der Waals surface area contributed by atoms with E-state index in [1.807, 2.05) is 35.8 Å². The molecule has 0 saturated carbocycles. The molecule has 0 bridgehead atoms. The molecule has 20 heavy (non-hydrogen) atoms. The fraction of sp³-hybridized carbons (Fsp3) is 0.333. The van der Waals surface area contributed by atoms with Crippen molar-refractivity contribution in [3.63, 3.8) is 0 Å². The van der Waals surface area contributed by atoms with Gasteiger partial charge in [-0.05, 0) is 12.5 Å². The normalized spacial score (nSPS) is 10.7. The standard InChI is InChI=1S/C15H17NO4/c1-3-8-20-10-16-9-12(14(17)15(18)19-2)11-6-4-5-7-13(11)16/h4-7,9H,3,8,10H2,1-2H3. The highest BCUT2D eigenvalue weighted by Crippen LogP contribution is 2.22. The molecule has 0 aliphatic rings. The van der Waals surface area contributed by atoms with Gasteiger partial charge in [-0.3, -0.25) is 4.79 Å². The number of ether oxygens (including phenoxy) is 2. The van der Waals surface area contributed by atoms with Gasteiger partial charge in [0.15, 0.2) is 0 Å². The molecule has 2 aromatic rings. The lowest BCUT2D eigenvalue weighted by Gasteiger charge is -2.05. The van der Waals surface area contributed by atoms with E-state index in [4.69, 9.17) is 4.74 Å². The molecule has 0 aliphatic carbocycles. The lowest BCUT2D eigenvalue weighted by Crippen LogP contribution is -2.15. The third kappa shape index (κ3) is 2.72. The van der Waals surface area contributed by atoms with Gasteiger partial charge in [0.1, 0.15) is 6.73 Å². The quantitative estimate of drug-likeness (QED) is 0.351. The monoisotopic (exact) mass is 275 g/mol. The number of esters is 1. The number of Topliss-reactive ketones (excluding diaryl/α,β-unsaturated/α-hetero) is 1. The minimum atomic E-state index is -0.859. The fourth-order valence-electron chi connectivity index (χ4n) is 2.04. The van der Waals surface area contributed by atoms with Crippen LogP contribution in [0.15, 0.2) is 30.5 Å². The Hall–Kier alpha value is -2.14. The summed E-state index contributed by atoms with van der Waals surface area (Å²) in [6, 6.07) is 7.40. The van der Waals surface area contributed by atoms with Crippen molar-refractivity contribution in [1.82, 2.24) is 4.57 Å². The van der Waals surface area contributed by atoms with E-state index in [1.54, 1.807) is 6.20 Å². The third-order valence-corrected chi connectivity index (χ3v) is 2.98. The number of carbonyl (C=O) groups is 2. The first-order valence-electron chi connectivity index (χ1n) is 6.47. The Morgan fingerprint density at radius 3 is 2.70 bits per heavy atom. The van der Waals surface area contributed by atoms with Gasteiger partial charge >= 0.3 is 5.97 Å². The number of fused-ring (bicyclic) bond motifs is 1. The highest BCUT2D eigenvalue weighted by atomic mass is 16.5. The Balaban J connectivity index is 2.40. The molecule has 5 heteroatoms. The molecular formula is C15H17NO4. The van der Waals surface area contributed by atoms with E-state index in [9.17, 15) is 9.59 Å². The number of carbonyl (C=O) groups excluding carboxylic acids is 2. The zero-order chi connectivity index (χ0) is 14.5. The Kier molecular flexibility index (Phi) is 4.53. The average Bonchev–Trinajstić information content (AvgIpc) is 2.85. The number of nitrogens with zero attached hydrogens (tertiary/aromatic N) is 1. The van der Waals surface area contributed by atoms with Gasteiger partial charge in [-0.25, -0.2) is 4.79 Å². The Morgan fingerprint density at radius 2 is 2.00 bits per heavy atom. The van der Waals surface area contributed by atoms with Crippen molar-refractivity contribution in [2.45, 2.75) is 20.1 Å². The Morgan fingerprint density at radius 1 is 1.25 bits per heavy atom. The zero-order valence-corrected chi connectivity index (χ0v) is 11.6. The molecule has 1 aromatic heterocycles. The lowest BCUT2D eigenvalue weighted by atomic mass is 10.1. The molecule has 0 spiro atoms. The van der Waals surface area contributed by atoms with Gasteiger partial charge in [0.2, 0.25) is 0 Å². The minimum Gasteiger partial charge on any atom is -0.463 e. The molecule has 0 aliphatic heterocycles. The van der Waals surface area contributed by atoms with Crippen molar-refractivity contribution in [2.24, 2.45) is 0 Å². The van der Waals surface area contributed by atoms with Crippen molar-refractivity contribution in [1.29, 1.82) is 0 Å². The highest BCUT2D eigenvalue weighted by Gasteiger charge is 2.21. The van der Waals surface area contributed by atoms with E-state index in [-0.39, 0.29) is 0 Å². The van der Waals surface area contributed by atoms with Crippen LogP contribution in [0.1, 0.15) is 23.7 Å². The molecule has 0 N–H and O–H groups in total. The summed E-state index contributed by atoms with van der Waals surface area (Å²) in [7, 11) is 1.20. The molecule has 0 atom stereocenters. The summed E-state index contributed by atoms with van der Waals surface area (Å²) in [5.74, 6) is -1.50. The number of methoxy groups -OCH3 is 1. The predicted molar refractivity (Wildman–Crippen MR) is 74.5 cm³/mol. The first-order valence-corrected chi connectivity index (χ1v) is 6.47. The second-order valence-electron chi connectivity index (χ2n) is 4.39. The van der Waals surface area contributed by atoms with Crippen LogP contribution in [-0.2, 0) is 21.0 Å². The SMILES string of the molecule is CCCOCn1cc(C(=O)C(=O)OC)c2ccccc21. The van der Waals surface area contributed by atoms with Crippen LogP contribution >= 0.6 is 0 Å². The van der Waals surface area contributed by atoms with Crippen molar-refractivity contribution in [3.8, 4) is 0 Å². The third-order valence-electron chi connectivity index (χ3n) is 2.98. The summed E-state index contributed by atoms with van der Waals surface area (Å²) in [6.45, 7) is 3.02. The van der Waals surface area contributed by atoms with Crippen LogP contribution in [0.2, 0.25) is 0 Å². The molecule has 0 saturated heterocycles. The number of hydrogen-bond acceptors (Lipinski definition) is 4. The van der Waals surface area contributed by atoms with Crippen molar-refractivity contribution >= 4 is 22.7 Å². The second-order valence-corrected chi connectivity index (χ2v) is 4.39. The van der Waals surface area contributed by atoms with E-state index >= 15 is 0 Å². The number of benzene rings is 1. The number of para-hydroxylation sites is 1. The van der Waals surface area contributed by atoms with Crippen molar-refractivity contribution in [3.05, 3.63) is 36.0 Å². The highest BCUT2D eigenvalue weighted by molar-refractivity contribution is 6.42. The summed E-state index contributed by atoms with van der Waals surface area (Å²) >= 11 is 0. The summed E-state index contributed by atoms with van der Waals surface area (Å²) < 4.78 is 11.8. The van der Waals surface area contributed by atoms with Crippen LogP contribution in [0.25, 0.3) is 10.9 Å². The predicted octanol–water partition coefficient (Wildman–Crippen LogP) is 2.38. The number of ketones is 1. The molecule has 0 radical (unpaired) electrons. The first-order chi connectivity index (χ1) is 9.69. The van der Waals surface area contributed by atoms with Gasteiger partial charge in [-0.15, -0.1) is 0 Å². The molecule has 5 nitrogen and oxygen atoms in total. The van der Waals surface area contributed by atoms with Crippen LogP contribution in [0.3, 0.4) is 0 Å². The zero-order valence-electron chi connectivity index (χ0n) is 11.6. The summed E-state index contributed by atoms with van der Waals surface area (Å²) in [4.78, 5) is 23.4. The van der Waals surface area contributed by atoms with Gasteiger partial charge in [0.25, 0.3) is 5.78 Å². The molecule has 0 fully saturated rings. The summed E-state index contributed by atoms with van der Waals surface area (Å²) in [5, 5.41) is 0.725. The number of hydrogen-bond donors (Lipinski definition) is 0. The van der Waals surface area contributed by atoms with Crippen molar-refractivity contribution < 1.29 is 19.1 Å². The average molecular weight is 275 g/mol. The van der Waals surface area contributed by atoms with E-state index < -0.39 is 11.8 Å². The second kappa shape index (κ2) is 6.34.